The summed E-state index contributed by atoms with van der Waals surface area (Å²) in [7, 11) is 3.91. The van der Waals surface area contributed by atoms with Crippen LogP contribution in [0.5, 0.6) is 5.75 Å². The highest BCUT2D eigenvalue weighted by Crippen LogP contribution is 2.39. The monoisotopic (exact) mass is 421 g/mol. The van der Waals surface area contributed by atoms with E-state index in [2.05, 4.69) is 11.6 Å². The summed E-state index contributed by atoms with van der Waals surface area (Å²) in [6.07, 6.45) is 5.59. The summed E-state index contributed by atoms with van der Waals surface area (Å²) in [6, 6.07) is 9.59. The number of pyridine rings is 1. The number of benzene rings is 1. The van der Waals surface area contributed by atoms with Gasteiger partial charge in [0.25, 0.3) is 11.7 Å². The summed E-state index contributed by atoms with van der Waals surface area (Å²) in [4.78, 5) is 33.5. The number of ether oxygens (including phenoxy) is 1. The number of hydrogen-bond donors (Lipinski definition) is 1. The maximum atomic E-state index is 12.9. The number of carbonyl (C=O) groups is 2. The van der Waals surface area contributed by atoms with Gasteiger partial charge in [-0.15, -0.1) is 0 Å². The Labute approximate surface area is 182 Å². The first-order chi connectivity index (χ1) is 14.9. The van der Waals surface area contributed by atoms with Crippen LogP contribution in [0, 0.1) is 0 Å². The van der Waals surface area contributed by atoms with Gasteiger partial charge in [-0.3, -0.25) is 14.6 Å². The molecule has 1 aromatic heterocycles. The van der Waals surface area contributed by atoms with E-state index >= 15 is 0 Å². The van der Waals surface area contributed by atoms with Gasteiger partial charge >= 0.3 is 0 Å². The lowest BCUT2D eigenvalue weighted by molar-refractivity contribution is -0.139. The fourth-order valence-electron chi connectivity index (χ4n) is 3.57. The zero-order valence-corrected chi connectivity index (χ0v) is 17.8. The molecule has 1 aliphatic heterocycles. The van der Waals surface area contributed by atoms with Crippen molar-refractivity contribution in [1.82, 2.24) is 14.8 Å². The summed E-state index contributed by atoms with van der Waals surface area (Å²) in [5, 5.41) is 11.0. The lowest BCUT2D eigenvalue weighted by atomic mass is 9.96. The average molecular weight is 421 g/mol. The molecule has 1 saturated heterocycles. The van der Waals surface area contributed by atoms with E-state index in [9.17, 15) is 14.7 Å². The summed E-state index contributed by atoms with van der Waals surface area (Å²) >= 11 is 0. The van der Waals surface area contributed by atoms with E-state index in [-0.39, 0.29) is 11.3 Å². The second kappa shape index (κ2) is 10.0. The molecule has 0 saturated carbocycles. The average Bonchev–Trinajstić information content (AvgIpc) is 3.03. The van der Waals surface area contributed by atoms with Crippen molar-refractivity contribution < 1.29 is 19.4 Å². The van der Waals surface area contributed by atoms with Crippen molar-refractivity contribution in [1.29, 1.82) is 0 Å². The molecule has 1 amide bonds. The summed E-state index contributed by atoms with van der Waals surface area (Å²) in [5.41, 5.74) is 1.19. The van der Waals surface area contributed by atoms with Crippen molar-refractivity contribution in [2.45, 2.75) is 12.5 Å². The first-order valence-corrected chi connectivity index (χ1v) is 10.1. The Balaban J connectivity index is 2.00. The summed E-state index contributed by atoms with van der Waals surface area (Å²) < 4.78 is 5.47. The molecule has 0 spiro atoms. The van der Waals surface area contributed by atoms with E-state index in [1.807, 2.05) is 25.1 Å². The van der Waals surface area contributed by atoms with Crippen LogP contribution in [-0.2, 0) is 9.59 Å². The molecule has 1 atom stereocenters. The van der Waals surface area contributed by atoms with Gasteiger partial charge in [0.2, 0.25) is 0 Å². The van der Waals surface area contributed by atoms with Crippen molar-refractivity contribution in [2.75, 3.05) is 33.8 Å². The van der Waals surface area contributed by atoms with Gasteiger partial charge in [-0.05, 0) is 63.0 Å². The topological polar surface area (TPSA) is 83.0 Å². The minimum atomic E-state index is -0.691. The SMILES string of the molecule is C=CCOc1ccc(C(O)=C2C(=O)C(=O)N(CCCN(C)C)[C@@H]2c2cccnc2)cc1. The Kier molecular flexibility index (Phi) is 7.20. The number of ketones is 1. The summed E-state index contributed by atoms with van der Waals surface area (Å²) in [6.45, 7) is 5.14. The Bertz CT molecular complexity index is 968. The fraction of sp³-hybridized carbons (Fsp3) is 0.292. The van der Waals surface area contributed by atoms with Gasteiger partial charge in [0, 0.05) is 24.5 Å². The minimum Gasteiger partial charge on any atom is -0.507 e. The van der Waals surface area contributed by atoms with Gasteiger partial charge in [-0.25, -0.2) is 0 Å². The normalized spacial score (nSPS) is 17.9. The highest BCUT2D eigenvalue weighted by atomic mass is 16.5. The molecule has 1 aliphatic rings. The van der Waals surface area contributed by atoms with Gasteiger partial charge in [0.15, 0.2) is 0 Å². The zero-order chi connectivity index (χ0) is 22.4. The van der Waals surface area contributed by atoms with E-state index in [4.69, 9.17) is 4.74 Å². The Morgan fingerprint density at radius 3 is 2.61 bits per heavy atom. The molecular formula is C24H27N3O4. The number of amides is 1. The number of hydrogen-bond acceptors (Lipinski definition) is 6. The maximum absolute atomic E-state index is 12.9. The van der Waals surface area contributed by atoms with Crippen LogP contribution in [0.25, 0.3) is 5.76 Å². The number of rotatable bonds is 9. The molecule has 7 heteroatoms. The quantitative estimate of drug-likeness (QED) is 0.290. The van der Waals surface area contributed by atoms with Gasteiger partial charge in [0.1, 0.15) is 18.1 Å². The van der Waals surface area contributed by atoms with Crippen LogP contribution in [-0.4, -0.2) is 65.4 Å². The van der Waals surface area contributed by atoms with Crippen molar-refractivity contribution in [3.63, 3.8) is 0 Å². The van der Waals surface area contributed by atoms with Crippen LogP contribution in [0.2, 0.25) is 0 Å². The highest BCUT2D eigenvalue weighted by molar-refractivity contribution is 6.46. The molecule has 1 fully saturated rings. The molecule has 0 unspecified atom stereocenters. The van der Waals surface area contributed by atoms with E-state index in [0.717, 1.165) is 6.54 Å². The molecule has 1 aromatic carbocycles. The van der Waals surface area contributed by atoms with Gasteiger partial charge in [0.05, 0.1) is 11.6 Å². The predicted octanol–water partition coefficient (Wildman–Crippen LogP) is 3.02. The summed E-state index contributed by atoms with van der Waals surface area (Å²) in [5.74, 6) is -0.898. The molecule has 0 bridgehead atoms. The van der Waals surface area contributed by atoms with Crippen LogP contribution in [0.1, 0.15) is 23.6 Å². The third-order valence-corrected chi connectivity index (χ3v) is 5.04. The van der Waals surface area contributed by atoms with Crippen molar-refractivity contribution in [3.8, 4) is 5.75 Å². The number of carbonyl (C=O) groups excluding carboxylic acids is 2. The lowest BCUT2D eigenvalue weighted by Gasteiger charge is -2.25. The van der Waals surface area contributed by atoms with Crippen LogP contribution in [0.3, 0.4) is 0 Å². The fourth-order valence-corrected chi connectivity index (χ4v) is 3.57. The van der Waals surface area contributed by atoms with Crippen LogP contribution < -0.4 is 4.74 Å². The first kappa shape index (κ1) is 22.2. The molecule has 2 aromatic rings. The number of likely N-dealkylation sites (tertiary alicyclic amines) is 1. The van der Waals surface area contributed by atoms with E-state index in [1.165, 1.54) is 4.90 Å². The molecule has 31 heavy (non-hydrogen) atoms. The van der Waals surface area contributed by atoms with Crippen molar-refractivity contribution in [2.24, 2.45) is 0 Å². The van der Waals surface area contributed by atoms with Crippen LogP contribution in [0.4, 0.5) is 0 Å². The van der Waals surface area contributed by atoms with E-state index < -0.39 is 17.7 Å². The van der Waals surface area contributed by atoms with Gasteiger partial charge in [-0.2, -0.15) is 0 Å². The molecule has 0 aliphatic carbocycles. The third kappa shape index (κ3) is 5.00. The molecule has 3 rings (SSSR count). The molecular weight excluding hydrogens is 394 g/mol. The number of aliphatic hydroxyl groups is 1. The lowest BCUT2D eigenvalue weighted by Crippen LogP contribution is -2.32. The van der Waals surface area contributed by atoms with Crippen molar-refractivity contribution >= 4 is 17.4 Å². The third-order valence-electron chi connectivity index (χ3n) is 5.04. The number of Topliss-reactive ketones (excluding diaryl/α,β-unsaturated/α-hetero) is 1. The Hall–Kier alpha value is -3.45. The predicted molar refractivity (Wildman–Crippen MR) is 119 cm³/mol. The largest absolute Gasteiger partial charge is 0.507 e. The number of nitrogens with zero attached hydrogens (tertiary/aromatic N) is 3. The van der Waals surface area contributed by atoms with Crippen molar-refractivity contribution in [3.05, 3.63) is 78.1 Å². The molecule has 7 nitrogen and oxygen atoms in total. The zero-order valence-electron chi connectivity index (χ0n) is 17.8. The number of aliphatic hydroxyl groups excluding tert-OH is 1. The van der Waals surface area contributed by atoms with E-state index in [1.54, 1.807) is 48.8 Å². The van der Waals surface area contributed by atoms with Crippen LogP contribution >= 0.6 is 0 Å². The molecule has 2 heterocycles. The van der Waals surface area contributed by atoms with Gasteiger partial charge in [-0.1, -0.05) is 18.7 Å². The first-order valence-electron chi connectivity index (χ1n) is 10.1. The molecule has 162 valence electrons. The molecule has 1 N–H and O–H groups in total. The molecule has 0 radical (unpaired) electrons. The minimum absolute atomic E-state index is 0.0719. The maximum Gasteiger partial charge on any atom is 0.295 e. The Morgan fingerprint density at radius 1 is 1.26 bits per heavy atom. The second-order valence-corrected chi connectivity index (χ2v) is 7.56. The highest BCUT2D eigenvalue weighted by Gasteiger charge is 2.45. The van der Waals surface area contributed by atoms with Gasteiger partial charge < -0.3 is 19.6 Å². The number of aromatic nitrogens is 1. The van der Waals surface area contributed by atoms with Crippen LogP contribution in [0.15, 0.2) is 67.0 Å². The Morgan fingerprint density at radius 2 is 2.00 bits per heavy atom. The second-order valence-electron chi connectivity index (χ2n) is 7.56. The van der Waals surface area contributed by atoms with E-state index in [0.29, 0.717) is 36.4 Å². The standard InChI is InChI=1S/C24H27N3O4/c1-4-15-31-19-10-8-17(9-11-19)22(28)20-21(18-7-5-12-25-16-18)27(24(30)23(20)29)14-6-13-26(2)3/h4-5,7-12,16,21,28H,1,6,13-15H2,2-3H3/t21-/m1/s1. The smallest absolute Gasteiger partial charge is 0.295 e.